The van der Waals surface area contributed by atoms with Crippen LogP contribution in [0.4, 0.5) is 0 Å². The highest BCUT2D eigenvalue weighted by Crippen LogP contribution is 1.63. The lowest BCUT2D eigenvalue weighted by atomic mass is 10.5. The Morgan fingerprint density at radius 2 is 1.57 bits per heavy atom. The Morgan fingerprint density at radius 3 is 1.86 bits per heavy atom. The molecular weight excluding hydrogens is 86.1 g/mol. The molecule has 0 aromatic rings. The summed E-state index contributed by atoms with van der Waals surface area (Å²) in [6, 6.07) is 0. The number of hydrogen-bond acceptors (Lipinski definition) is 0. The fourth-order valence-corrected chi connectivity index (χ4v) is 0.257. The second-order valence-electron chi connectivity index (χ2n) is 1.17. The van der Waals surface area contributed by atoms with Gasteiger partial charge < -0.3 is 0 Å². The smallest absolute Gasteiger partial charge is 0.0315 e. The average Bonchev–Trinajstić information content (AvgIpc) is 1.69. The van der Waals surface area contributed by atoms with Gasteiger partial charge in [0, 0.05) is 13.1 Å². The van der Waals surface area contributed by atoms with Gasteiger partial charge in [0.2, 0.25) is 0 Å². The van der Waals surface area contributed by atoms with Crippen molar-refractivity contribution in [2.24, 2.45) is 0 Å². The molecule has 0 unspecified atom stereocenters. The first kappa shape index (κ1) is 6.44. The summed E-state index contributed by atoms with van der Waals surface area (Å²) in [5.74, 6) is 0. The van der Waals surface area contributed by atoms with Gasteiger partial charge in [-0.15, -0.1) is 13.2 Å². The van der Waals surface area contributed by atoms with E-state index in [1.807, 2.05) is 0 Å². The van der Waals surface area contributed by atoms with Crippen LogP contribution in [0.2, 0.25) is 0 Å². The van der Waals surface area contributed by atoms with Crippen LogP contribution in [-0.2, 0) is 0 Å². The molecule has 0 amide bonds. The van der Waals surface area contributed by atoms with Gasteiger partial charge in [-0.05, 0) is 0 Å². The van der Waals surface area contributed by atoms with E-state index in [1.165, 1.54) is 0 Å². The Morgan fingerprint density at radius 1 is 1.14 bits per heavy atom. The summed E-state index contributed by atoms with van der Waals surface area (Å²) >= 11 is 0. The van der Waals surface area contributed by atoms with Gasteiger partial charge in [0.15, 0.2) is 0 Å². The zero-order valence-corrected chi connectivity index (χ0v) is 4.43. The molecule has 0 fully saturated rings. The van der Waals surface area contributed by atoms with E-state index in [2.05, 4.69) is 18.5 Å². The molecule has 0 heterocycles. The van der Waals surface area contributed by atoms with Crippen LogP contribution in [0, 0.1) is 0 Å². The third-order valence-electron chi connectivity index (χ3n) is 0.516. The molecule has 0 aromatic heterocycles. The van der Waals surface area contributed by atoms with Crippen molar-refractivity contribution in [2.75, 3.05) is 13.1 Å². The van der Waals surface area contributed by atoms with E-state index in [4.69, 9.17) is 0 Å². The van der Waals surface area contributed by atoms with Crippen LogP contribution >= 0.6 is 0 Å². The predicted octanol–water partition coefficient (Wildman–Crippen LogP) is 0.963. The largest absolute Gasteiger partial charge is 0.234 e. The third-order valence-corrected chi connectivity index (χ3v) is 0.516. The molecule has 0 aliphatic heterocycles. The van der Waals surface area contributed by atoms with Gasteiger partial charge in [-0.1, -0.05) is 12.2 Å². The first-order chi connectivity index (χ1) is 3.41. The van der Waals surface area contributed by atoms with Crippen LogP contribution < -0.4 is 5.32 Å². The summed E-state index contributed by atoms with van der Waals surface area (Å²) in [5.41, 5.74) is 0. The van der Waals surface area contributed by atoms with Crippen LogP contribution in [0.1, 0.15) is 0 Å². The minimum absolute atomic E-state index is 0.742. The predicted molar refractivity (Wildman–Crippen MR) is 32.3 cm³/mol. The highest BCUT2D eigenvalue weighted by molar-refractivity contribution is 4.74. The molecule has 0 atom stereocenters. The second kappa shape index (κ2) is 5.44. The van der Waals surface area contributed by atoms with Crippen molar-refractivity contribution in [3.63, 3.8) is 0 Å². The fourth-order valence-electron chi connectivity index (χ4n) is 0.257. The van der Waals surface area contributed by atoms with E-state index < -0.39 is 0 Å². The van der Waals surface area contributed by atoms with E-state index in [-0.39, 0.29) is 0 Å². The maximum absolute atomic E-state index is 3.97. The molecule has 0 saturated carbocycles. The van der Waals surface area contributed by atoms with Crippen molar-refractivity contribution in [2.45, 2.75) is 0 Å². The Hall–Kier alpha value is -0.560. The Balaban J connectivity index is 2.68. The van der Waals surface area contributed by atoms with Crippen molar-refractivity contribution in [3.05, 3.63) is 25.3 Å². The third kappa shape index (κ3) is 5.44. The molecule has 0 aliphatic rings. The molecule has 1 radical (unpaired) electrons. The summed E-state index contributed by atoms with van der Waals surface area (Å²) in [6.07, 6.45) is 3.53. The van der Waals surface area contributed by atoms with Gasteiger partial charge in [-0.3, -0.25) is 0 Å². The lowest BCUT2D eigenvalue weighted by molar-refractivity contribution is 0.826. The van der Waals surface area contributed by atoms with Gasteiger partial charge in [0.1, 0.15) is 0 Å². The summed E-state index contributed by atoms with van der Waals surface area (Å²) in [6.45, 7) is 8.49. The number of nitrogens with zero attached hydrogens (tertiary/aromatic N) is 1. The fraction of sp³-hybridized carbons (Fsp3) is 0.333. The molecule has 0 saturated heterocycles. The lowest BCUT2D eigenvalue weighted by Gasteiger charge is -1.86. The van der Waals surface area contributed by atoms with Crippen molar-refractivity contribution in [3.8, 4) is 0 Å². The van der Waals surface area contributed by atoms with Gasteiger partial charge in [0.25, 0.3) is 0 Å². The summed E-state index contributed by atoms with van der Waals surface area (Å²) in [7, 11) is 0. The standard InChI is InChI=1S/C6H10N/c1-3-5-7-6-4-2/h3-4H,1-2,5-6H2. The van der Waals surface area contributed by atoms with Crippen molar-refractivity contribution < 1.29 is 0 Å². The summed E-state index contributed by atoms with van der Waals surface area (Å²) in [5, 5.41) is 3.97. The SMILES string of the molecule is C=CC[N]CC=C. The molecule has 1 heteroatoms. The number of hydrogen-bond donors (Lipinski definition) is 0. The van der Waals surface area contributed by atoms with Crippen LogP contribution in [0.5, 0.6) is 0 Å². The normalized spacial score (nSPS) is 8.00. The highest BCUT2D eigenvalue weighted by atomic mass is 14.8. The second-order valence-corrected chi connectivity index (χ2v) is 1.17. The molecule has 0 N–H and O–H groups in total. The van der Waals surface area contributed by atoms with E-state index in [9.17, 15) is 0 Å². The monoisotopic (exact) mass is 96.1 g/mol. The minimum atomic E-state index is 0.742. The average molecular weight is 96.2 g/mol. The molecule has 0 spiro atoms. The molecule has 0 aromatic carbocycles. The van der Waals surface area contributed by atoms with Crippen LogP contribution in [0.3, 0.4) is 0 Å². The van der Waals surface area contributed by atoms with E-state index in [0.717, 1.165) is 13.1 Å². The first-order valence-electron chi connectivity index (χ1n) is 2.27. The van der Waals surface area contributed by atoms with Gasteiger partial charge in [0.05, 0.1) is 0 Å². The molecule has 0 bridgehead atoms. The van der Waals surface area contributed by atoms with Crippen LogP contribution in [-0.4, -0.2) is 13.1 Å². The number of rotatable bonds is 4. The topological polar surface area (TPSA) is 14.1 Å². The lowest BCUT2D eigenvalue weighted by Crippen LogP contribution is -2.02. The minimum Gasteiger partial charge on any atom is -0.234 e. The van der Waals surface area contributed by atoms with Crippen LogP contribution in [0.25, 0.3) is 0 Å². The summed E-state index contributed by atoms with van der Waals surface area (Å²) in [4.78, 5) is 0. The zero-order valence-electron chi connectivity index (χ0n) is 4.43. The van der Waals surface area contributed by atoms with Crippen LogP contribution in [0.15, 0.2) is 25.3 Å². The summed E-state index contributed by atoms with van der Waals surface area (Å²) < 4.78 is 0. The molecule has 1 nitrogen and oxygen atoms in total. The maximum Gasteiger partial charge on any atom is 0.0315 e. The Bertz CT molecular complexity index is 49.2. The molecule has 7 heavy (non-hydrogen) atoms. The van der Waals surface area contributed by atoms with Gasteiger partial charge in [-0.2, -0.15) is 0 Å². The Labute approximate surface area is 44.7 Å². The molecular formula is C6H10N. The molecule has 39 valence electrons. The maximum atomic E-state index is 3.97. The van der Waals surface area contributed by atoms with Gasteiger partial charge in [-0.25, -0.2) is 5.32 Å². The van der Waals surface area contributed by atoms with Crippen molar-refractivity contribution >= 4 is 0 Å². The zero-order chi connectivity index (χ0) is 5.54. The van der Waals surface area contributed by atoms with Crippen molar-refractivity contribution in [1.29, 1.82) is 0 Å². The highest BCUT2D eigenvalue weighted by Gasteiger charge is 1.72. The quantitative estimate of drug-likeness (QED) is 0.365. The van der Waals surface area contributed by atoms with Gasteiger partial charge >= 0.3 is 0 Å². The van der Waals surface area contributed by atoms with E-state index in [0.29, 0.717) is 0 Å². The first-order valence-corrected chi connectivity index (χ1v) is 2.27. The van der Waals surface area contributed by atoms with Crippen molar-refractivity contribution in [1.82, 2.24) is 5.32 Å². The molecule has 0 aliphatic carbocycles. The Kier molecular flexibility index (Phi) is 5.00. The molecule has 0 rings (SSSR count). The van der Waals surface area contributed by atoms with E-state index in [1.54, 1.807) is 12.2 Å². The van der Waals surface area contributed by atoms with E-state index >= 15 is 0 Å².